The minimum atomic E-state index is -0.0500. The maximum Gasteiger partial charge on any atom is 0.0470 e. The summed E-state index contributed by atoms with van der Waals surface area (Å²) in [5.41, 5.74) is 10.2. The summed E-state index contributed by atoms with van der Waals surface area (Å²) in [5, 5.41) is 6.28. The van der Waals surface area contributed by atoms with E-state index in [1.807, 2.05) is 6.08 Å². The van der Waals surface area contributed by atoms with Crippen LogP contribution < -0.4 is 5.32 Å². The Morgan fingerprint density at radius 1 is 0.926 bits per heavy atom. The van der Waals surface area contributed by atoms with Gasteiger partial charge in [0.2, 0.25) is 0 Å². The molecule has 1 aliphatic carbocycles. The third-order valence-electron chi connectivity index (χ3n) is 6.09. The van der Waals surface area contributed by atoms with Crippen LogP contribution in [0.5, 0.6) is 0 Å². The number of benzene rings is 3. The Morgan fingerprint density at radius 2 is 1.70 bits per heavy atom. The zero-order valence-electron chi connectivity index (χ0n) is 16.1. The van der Waals surface area contributed by atoms with Gasteiger partial charge in [0, 0.05) is 27.7 Å². The van der Waals surface area contributed by atoms with Crippen LogP contribution in [0.15, 0.2) is 78.9 Å². The van der Waals surface area contributed by atoms with E-state index >= 15 is 0 Å². The van der Waals surface area contributed by atoms with Crippen LogP contribution in [0, 0.1) is 0 Å². The van der Waals surface area contributed by atoms with Gasteiger partial charge >= 0.3 is 0 Å². The molecule has 0 saturated carbocycles. The molecular weight excluding hydrogens is 326 g/mol. The highest BCUT2D eigenvalue weighted by Gasteiger charge is 2.36. The van der Waals surface area contributed by atoms with E-state index in [-0.39, 0.29) is 5.41 Å². The van der Waals surface area contributed by atoms with Crippen molar-refractivity contribution in [2.24, 2.45) is 0 Å². The summed E-state index contributed by atoms with van der Waals surface area (Å²) < 4.78 is 0. The predicted octanol–water partition coefficient (Wildman–Crippen LogP) is 7.37. The summed E-state index contributed by atoms with van der Waals surface area (Å²) in [4.78, 5) is 0. The van der Waals surface area contributed by atoms with Gasteiger partial charge in [-0.15, -0.1) is 0 Å². The second-order valence-electron chi connectivity index (χ2n) is 7.93. The van der Waals surface area contributed by atoms with Crippen molar-refractivity contribution in [2.45, 2.75) is 26.2 Å². The average Bonchev–Trinajstić information content (AvgIpc) is 2.87. The van der Waals surface area contributed by atoms with Gasteiger partial charge in [0.15, 0.2) is 0 Å². The summed E-state index contributed by atoms with van der Waals surface area (Å²) in [6, 6.07) is 17.8. The first-order chi connectivity index (χ1) is 13.1. The molecule has 1 nitrogen and oxygen atoms in total. The van der Waals surface area contributed by atoms with Crippen LogP contribution in [0.4, 0.5) is 11.4 Å². The highest BCUT2D eigenvalue weighted by molar-refractivity contribution is 6.12. The van der Waals surface area contributed by atoms with E-state index in [0.717, 1.165) is 0 Å². The Morgan fingerprint density at radius 3 is 2.44 bits per heavy atom. The van der Waals surface area contributed by atoms with Crippen LogP contribution in [-0.4, -0.2) is 0 Å². The van der Waals surface area contributed by atoms with Crippen molar-refractivity contribution in [3.05, 3.63) is 90.0 Å². The molecule has 0 amide bonds. The van der Waals surface area contributed by atoms with Gasteiger partial charge < -0.3 is 5.32 Å². The molecule has 1 N–H and O–H groups in total. The van der Waals surface area contributed by atoms with Gasteiger partial charge in [0.1, 0.15) is 0 Å². The topological polar surface area (TPSA) is 12.0 Å². The smallest absolute Gasteiger partial charge is 0.0470 e. The molecule has 2 aliphatic rings. The van der Waals surface area contributed by atoms with Crippen molar-refractivity contribution in [3.63, 3.8) is 0 Å². The molecule has 0 atom stereocenters. The van der Waals surface area contributed by atoms with E-state index in [4.69, 9.17) is 0 Å². The first-order valence-corrected chi connectivity index (χ1v) is 9.54. The molecule has 1 heterocycles. The number of hydrogen-bond acceptors (Lipinski definition) is 1. The zero-order valence-corrected chi connectivity index (χ0v) is 16.1. The molecule has 0 radical (unpaired) electrons. The second kappa shape index (κ2) is 5.47. The number of allylic oxidation sites excluding steroid dienone is 5. The number of hydrogen-bond donors (Lipinski definition) is 1. The summed E-state index contributed by atoms with van der Waals surface area (Å²) in [6.45, 7) is 10.8. The fourth-order valence-electron chi connectivity index (χ4n) is 4.82. The Kier molecular flexibility index (Phi) is 3.27. The van der Waals surface area contributed by atoms with Gasteiger partial charge in [0.05, 0.1) is 0 Å². The van der Waals surface area contributed by atoms with E-state index in [0.29, 0.717) is 0 Å². The molecule has 3 aromatic rings. The lowest BCUT2D eigenvalue weighted by atomic mass is 9.80. The molecule has 27 heavy (non-hydrogen) atoms. The summed E-state index contributed by atoms with van der Waals surface area (Å²) >= 11 is 0. The normalized spacial score (nSPS) is 16.4. The standard InChI is InChI=1S/C26H23N/c1-5-9-17-19-14-20-18-12-7-10-16-11-8-13-23(25(16)18)27-24(20)15-22(19)26(3,4)21(17)6-2/h5-15,27H,2H2,1,3-4H3/b9-5-. The second-order valence-corrected chi connectivity index (χ2v) is 7.93. The molecule has 0 unspecified atom stereocenters. The van der Waals surface area contributed by atoms with Crippen molar-refractivity contribution in [3.8, 4) is 11.1 Å². The van der Waals surface area contributed by atoms with Crippen molar-refractivity contribution in [1.82, 2.24) is 0 Å². The van der Waals surface area contributed by atoms with E-state index in [9.17, 15) is 0 Å². The molecule has 0 fully saturated rings. The lowest BCUT2D eigenvalue weighted by Crippen LogP contribution is -2.16. The third kappa shape index (κ3) is 2.06. The lowest BCUT2D eigenvalue weighted by Gasteiger charge is -2.27. The third-order valence-corrected chi connectivity index (χ3v) is 6.09. The van der Waals surface area contributed by atoms with E-state index in [1.54, 1.807) is 0 Å². The molecule has 132 valence electrons. The molecule has 5 rings (SSSR count). The SMILES string of the molecule is C=CC1=C(/C=C\C)c2cc3c(cc2C1(C)C)Nc1cccc2cccc-3c12. The van der Waals surface area contributed by atoms with Crippen LogP contribution in [0.2, 0.25) is 0 Å². The lowest BCUT2D eigenvalue weighted by molar-refractivity contribution is 0.655. The van der Waals surface area contributed by atoms with Crippen molar-refractivity contribution in [2.75, 3.05) is 5.32 Å². The van der Waals surface area contributed by atoms with Gasteiger partial charge in [-0.2, -0.15) is 0 Å². The maximum absolute atomic E-state index is 4.11. The quantitative estimate of drug-likeness (QED) is 0.398. The minimum absolute atomic E-state index is 0.0500. The van der Waals surface area contributed by atoms with Gasteiger partial charge in [-0.25, -0.2) is 0 Å². The van der Waals surface area contributed by atoms with Gasteiger partial charge in [0.25, 0.3) is 0 Å². The molecule has 0 spiro atoms. The summed E-state index contributed by atoms with van der Waals surface area (Å²) in [7, 11) is 0. The molecular formula is C26H23N. The fourth-order valence-corrected chi connectivity index (χ4v) is 4.82. The molecule has 0 bridgehead atoms. The Balaban J connectivity index is 1.85. The van der Waals surface area contributed by atoms with E-state index in [2.05, 4.69) is 93.3 Å². The number of anilines is 2. The highest BCUT2D eigenvalue weighted by atomic mass is 14.9. The number of nitrogens with one attached hydrogen (secondary N) is 1. The maximum atomic E-state index is 4.11. The molecule has 1 aliphatic heterocycles. The van der Waals surface area contributed by atoms with Crippen LogP contribution >= 0.6 is 0 Å². The first kappa shape index (κ1) is 16.1. The molecule has 3 aromatic carbocycles. The van der Waals surface area contributed by atoms with Crippen LogP contribution in [0.3, 0.4) is 0 Å². The monoisotopic (exact) mass is 349 g/mol. The summed E-state index contributed by atoms with van der Waals surface area (Å²) in [6.07, 6.45) is 6.37. The average molecular weight is 349 g/mol. The number of fused-ring (bicyclic) bond motifs is 3. The van der Waals surface area contributed by atoms with Gasteiger partial charge in [-0.05, 0) is 58.3 Å². The molecule has 1 heteroatoms. The van der Waals surface area contributed by atoms with Gasteiger partial charge in [-0.3, -0.25) is 0 Å². The first-order valence-electron chi connectivity index (χ1n) is 9.54. The summed E-state index contributed by atoms with van der Waals surface area (Å²) in [5.74, 6) is 0. The fraction of sp³-hybridized carbons (Fsp3) is 0.154. The largest absolute Gasteiger partial charge is 0.354 e. The Bertz CT molecular complexity index is 1180. The highest BCUT2D eigenvalue weighted by Crippen LogP contribution is 2.52. The van der Waals surface area contributed by atoms with Crippen LogP contribution in [0.25, 0.3) is 27.5 Å². The van der Waals surface area contributed by atoms with Crippen molar-refractivity contribution >= 4 is 27.7 Å². The Hall–Kier alpha value is -3.06. The molecule has 0 saturated heterocycles. The van der Waals surface area contributed by atoms with Crippen LogP contribution in [-0.2, 0) is 5.41 Å². The molecule has 0 aromatic heterocycles. The Labute approximate surface area is 160 Å². The van der Waals surface area contributed by atoms with Crippen molar-refractivity contribution in [1.29, 1.82) is 0 Å². The van der Waals surface area contributed by atoms with E-state index < -0.39 is 0 Å². The predicted molar refractivity (Wildman–Crippen MR) is 118 cm³/mol. The van der Waals surface area contributed by atoms with E-state index in [1.165, 1.54) is 55.5 Å². The van der Waals surface area contributed by atoms with Crippen molar-refractivity contribution < 1.29 is 0 Å². The number of rotatable bonds is 2. The van der Waals surface area contributed by atoms with Crippen LogP contribution in [0.1, 0.15) is 31.9 Å². The minimum Gasteiger partial charge on any atom is -0.354 e. The zero-order chi connectivity index (χ0) is 18.8. The van der Waals surface area contributed by atoms with Gasteiger partial charge in [-0.1, -0.05) is 69.0 Å².